The first kappa shape index (κ1) is 11.7. The molecule has 2 nitrogen and oxygen atoms in total. The molecule has 0 unspecified atom stereocenters. The van der Waals surface area contributed by atoms with E-state index in [4.69, 9.17) is 0 Å². The minimum atomic E-state index is -0.277. The Morgan fingerprint density at radius 1 is 1.22 bits per heavy atom. The molecular weight excluding hydrogens is 229 g/mol. The molecule has 2 fully saturated rings. The molecule has 1 N–H and O–H groups in total. The van der Waals surface area contributed by atoms with Gasteiger partial charge in [-0.05, 0) is 61.3 Å². The maximum atomic E-state index is 12.7. The van der Waals surface area contributed by atoms with Crippen LogP contribution in [0.15, 0.2) is 24.3 Å². The highest BCUT2D eigenvalue weighted by Crippen LogP contribution is 2.49. The lowest BCUT2D eigenvalue weighted by Gasteiger charge is -2.20. The fourth-order valence-corrected chi connectivity index (χ4v) is 3.61. The van der Waals surface area contributed by atoms with Crippen molar-refractivity contribution in [2.45, 2.75) is 32.1 Å². The van der Waals surface area contributed by atoms with Crippen LogP contribution in [0, 0.1) is 23.6 Å². The Labute approximate surface area is 107 Å². The lowest BCUT2D eigenvalue weighted by Crippen LogP contribution is -2.20. The number of rotatable bonds is 3. The smallest absolute Gasteiger partial charge is 0.224 e. The SMILES string of the molecule is O=C(C[C@@H]1C[C@H]2CC[C@@H]1C2)Nc1ccc(F)cc1. The molecular formula is C15H18FNO. The number of amides is 1. The summed E-state index contributed by atoms with van der Waals surface area (Å²) in [5.74, 6) is 2.01. The van der Waals surface area contributed by atoms with Crippen molar-refractivity contribution in [2.24, 2.45) is 17.8 Å². The number of nitrogens with one attached hydrogen (secondary N) is 1. The molecule has 3 rings (SSSR count). The van der Waals surface area contributed by atoms with Crippen LogP contribution < -0.4 is 5.32 Å². The third-order valence-electron chi connectivity index (χ3n) is 4.46. The number of hydrogen-bond acceptors (Lipinski definition) is 1. The average Bonchev–Trinajstić information content (AvgIpc) is 2.94. The molecule has 3 atom stereocenters. The maximum Gasteiger partial charge on any atom is 0.224 e. The predicted octanol–water partition coefficient (Wildman–Crippen LogP) is 3.59. The quantitative estimate of drug-likeness (QED) is 0.869. The second-order valence-electron chi connectivity index (χ2n) is 5.69. The Kier molecular flexibility index (Phi) is 3.06. The van der Waals surface area contributed by atoms with Crippen LogP contribution >= 0.6 is 0 Å². The van der Waals surface area contributed by atoms with Crippen molar-refractivity contribution in [3.63, 3.8) is 0 Å². The zero-order valence-electron chi connectivity index (χ0n) is 10.4. The lowest BCUT2D eigenvalue weighted by molar-refractivity contribution is -0.117. The first-order chi connectivity index (χ1) is 8.70. The average molecular weight is 247 g/mol. The van der Waals surface area contributed by atoms with Gasteiger partial charge in [0, 0.05) is 12.1 Å². The van der Waals surface area contributed by atoms with Gasteiger partial charge in [-0.25, -0.2) is 4.39 Å². The summed E-state index contributed by atoms with van der Waals surface area (Å²) >= 11 is 0. The van der Waals surface area contributed by atoms with E-state index in [1.165, 1.54) is 37.8 Å². The van der Waals surface area contributed by atoms with Crippen LogP contribution in [0.4, 0.5) is 10.1 Å². The van der Waals surface area contributed by atoms with Crippen LogP contribution in [0.2, 0.25) is 0 Å². The van der Waals surface area contributed by atoms with Crippen molar-refractivity contribution in [3.05, 3.63) is 30.1 Å². The summed E-state index contributed by atoms with van der Waals surface area (Å²) in [7, 11) is 0. The van der Waals surface area contributed by atoms with Crippen molar-refractivity contribution in [1.29, 1.82) is 0 Å². The number of anilines is 1. The molecule has 2 bridgehead atoms. The Hall–Kier alpha value is -1.38. The van der Waals surface area contributed by atoms with E-state index in [0.717, 1.165) is 11.8 Å². The van der Waals surface area contributed by atoms with Crippen molar-refractivity contribution in [1.82, 2.24) is 0 Å². The van der Waals surface area contributed by atoms with E-state index >= 15 is 0 Å². The molecule has 0 saturated heterocycles. The van der Waals surface area contributed by atoms with Crippen molar-refractivity contribution in [2.75, 3.05) is 5.32 Å². The molecule has 0 spiro atoms. The van der Waals surface area contributed by atoms with Crippen molar-refractivity contribution < 1.29 is 9.18 Å². The fourth-order valence-electron chi connectivity index (χ4n) is 3.61. The highest BCUT2D eigenvalue weighted by Gasteiger charge is 2.40. The minimum absolute atomic E-state index is 0.0687. The van der Waals surface area contributed by atoms with Gasteiger partial charge in [-0.3, -0.25) is 4.79 Å². The van der Waals surface area contributed by atoms with Gasteiger partial charge < -0.3 is 5.32 Å². The molecule has 0 radical (unpaired) electrons. The van der Waals surface area contributed by atoms with E-state index in [1.54, 1.807) is 12.1 Å². The fraction of sp³-hybridized carbons (Fsp3) is 0.533. The Morgan fingerprint density at radius 2 is 2.00 bits per heavy atom. The molecule has 0 aromatic heterocycles. The number of benzene rings is 1. The molecule has 2 saturated carbocycles. The highest BCUT2D eigenvalue weighted by molar-refractivity contribution is 5.90. The van der Waals surface area contributed by atoms with Gasteiger partial charge in [0.25, 0.3) is 0 Å². The first-order valence-electron chi connectivity index (χ1n) is 6.76. The lowest BCUT2D eigenvalue weighted by atomic mass is 9.86. The second kappa shape index (κ2) is 4.71. The van der Waals surface area contributed by atoms with Crippen molar-refractivity contribution in [3.8, 4) is 0 Å². The van der Waals surface area contributed by atoms with Gasteiger partial charge in [0.15, 0.2) is 0 Å². The maximum absolute atomic E-state index is 12.7. The minimum Gasteiger partial charge on any atom is -0.326 e. The van der Waals surface area contributed by atoms with E-state index in [0.29, 0.717) is 18.0 Å². The largest absolute Gasteiger partial charge is 0.326 e. The van der Waals surface area contributed by atoms with Gasteiger partial charge in [-0.2, -0.15) is 0 Å². The molecule has 1 amide bonds. The normalized spacial score (nSPS) is 29.5. The topological polar surface area (TPSA) is 29.1 Å². The third kappa shape index (κ3) is 2.40. The monoisotopic (exact) mass is 247 g/mol. The van der Waals surface area contributed by atoms with Crippen LogP contribution in [0.3, 0.4) is 0 Å². The summed E-state index contributed by atoms with van der Waals surface area (Å²) in [5, 5.41) is 2.85. The van der Waals surface area contributed by atoms with E-state index in [1.807, 2.05) is 0 Å². The Balaban J connectivity index is 1.54. The summed E-state index contributed by atoms with van der Waals surface area (Å²) in [5.41, 5.74) is 0.685. The summed E-state index contributed by atoms with van der Waals surface area (Å²) in [4.78, 5) is 11.9. The molecule has 0 heterocycles. The number of halogens is 1. The van der Waals surface area contributed by atoms with Gasteiger partial charge in [0.05, 0.1) is 0 Å². The molecule has 18 heavy (non-hydrogen) atoms. The Bertz CT molecular complexity index is 442. The molecule has 96 valence electrons. The first-order valence-corrected chi connectivity index (χ1v) is 6.76. The van der Waals surface area contributed by atoms with E-state index in [2.05, 4.69) is 5.32 Å². The van der Waals surface area contributed by atoms with Gasteiger partial charge in [0.2, 0.25) is 5.91 Å². The van der Waals surface area contributed by atoms with Gasteiger partial charge in [-0.1, -0.05) is 6.42 Å². The Morgan fingerprint density at radius 3 is 2.61 bits per heavy atom. The van der Waals surface area contributed by atoms with Crippen LogP contribution in [0.25, 0.3) is 0 Å². The molecule has 0 aliphatic heterocycles. The van der Waals surface area contributed by atoms with Gasteiger partial charge in [0.1, 0.15) is 5.82 Å². The van der Waals surface area contributed by atoms with Crippen molar-refractivity contribution >= 4 is 11.6 Å². The van der Waals surface area contributed by atoms with E-state index < -0.39 is 0 Å². The molecule has 2 aliphatic rings. The summed E-state index contributed by atoms with van der Waals surface area (Å²) in [6.07, 6.45) is 5.84. The molecule has 3 heteroatoms. The standard InChI is InChI=1S/C15H18FNO/c16-13-3-5-14(6-4-13)17-15(18)9-12-8-10-1-2-11(12)7-10/h3-6,10-12H,1-2,7-9H2,(H,17,18)/t10-,11+,12-/m0/s1. The van der Waals surface area contributed by atoms with Crippen LogP contribution in [0.1, 0.15) is 32.1 Å². The van der Waals surface area contributed by atoms with Gasteiger partial charge in [-0.15, -0.1) is 0 Å². The molecule has 1 aromatic carbocycles. The number of fused-ring (bicyclic) bond motifs is 2. The number of carbonyl (C=O) groups is 1. The molecule has 2 aliphatic carbocycles. The number of carbonyl (C=O) groups excluding carboxylic acids is 1. The number of hydrogen-bond donors (Lipinski definition) is 1. The van der Waals surface area contributed by atoms with E-state index in [9.17, 15) is 9.18 Å². The summed E-state index contributed by atoms with van der Waals surface area (Å²) < 4.78 is 12.7. The van der Waals surface area contributed by atoms with Crippen LogP contribution in [-0.2, 0) is 4.79 Å². The zero-order valence-corrected chi connectivity index (χ0v) is 10.4. The van der Waals surface area contributed by atoms with E-state index in [-0.39, 0.29) is 11.7 Å². The third-order valence-corrected chi connectivity index (χ3v) is 4.46. The van der Waals surface area contributed by atoms with Crippen LogP contribution in [0.5, 0.6) is 0 Å². The van der Waals surface area contributed by atoms with Gasteiger partial charge >= 0.3 is 0 Å². The summed E-state index contributed by atoms with van der Waals surface area (Å²) in [6.45, 7) is 0. The zero-order chi connectivity index (χ0) is 12.5. The van der Waals surface area contributed by atoms with Crippen LogP contribution in [-0.4, -0.2) is 5.91 Å². The second-order valence-corrected chi connectivity index (χ2v) is 5.69. The predicted molar refractivity (Wildman–Crippen MR) is 68.6 cm³/mol. The summed E-state index contributed by atoms with van der Waals surface area (Å²) in [6, 6.07) is 5.95. The molecule has 1 aromatic rings. The highest BCUT2D eigenvalue weighted by atomic mass is 19.1.